The standard InChI is InChI=1S/C30H53F/c1-4-7-10-13-16-19-22-27-25-29(31)26-28(23-20-17-14-11-8-5-2)30(27)24-21-18-15-12-9-6-3/h25-26H,4-24H2,1-3H3. The topological polar surface area (TPSA) is 0 Å². The molecule has 0 bridgehead atoms. The first-order chi connectivity index (χ1) is 15.2. The van der Waals surface area contributed by atoms with E-state index >= 15 is 0 Å². The highest BCUT2D eigenvalue weighted by atomic mass is 19.1. The number of rotatable bonds is 21. The first-order valence-electron chi connectivity index (χ1n) is 14.0. The predicted molar refractivity (Wildman–Crippen MR) is 138 cm³/mol. The summed E-state index contributed by atoms with van der Waals surface area (Å²) in [5, 5.41) is 0. The third kappa shape index (κ3) is 14.0. The van der Waals surface area contributed by atoms with Crippen LogP contribution in [0.5, 0.6) is 0 Å². The van der Waals surface area contributed by atoms with Crippen LogP contribution in [0.2, 0.25) is 0 Å². The van der Waals surface area contributed by atoms with E-state index in [4.69, 9.17) is 0 Å². The second-order valence-corrected chi connectivity index (χ2v) is 9.76. The van der Waals surface area contributed by atoms with Crippen molar-refractivity contribution in [1.29, 1.82) is 0 Å². The fourth-order valence-electron chi connectivity index (χ4n) is 4.80. The molecule has 0 heterocycles. The van der Waals surface area contributed by atoms with E-state index in [0.29, 0.717) is 0 Å². The Morgan fingerprint density at radius 3 is 1.16 bits per heavy atom. The van der Waals surface area contributed by atoms with Crippen LogP contribution < -0.4 is 0 Å². The molecule has 0 fully saturated rings. The van der Waals surface area contributed by atoms with E-state index in [9.17, 15) is 4.39 Å². The van der Waals surface area contributed by atoms with Crippen molar-refractivity contribution in [3.63, 3.8) is 0 Å². The first-order valence-corrected chi connectivity index (χ1v) is 14.0. The number of hydrogen-bond donors (Lipinski definition) is 0. The fourth-order valence-corrected chi connectivity index (χ4v) is 4.80. The van der Waals surface area contributed by atoms with Crippen molar-refractivity contribution >= 4 is 0 Å². The maximum atomic E-state index is 14.5. The fraction of sp³-hybridized carbons (Fsp3) is 0.800. The van der Waals surface area contributed by atoms with Gasteiger partial charge in [-0.1, -0.05) is 117 Å². The SMILES string of the molecule is CCCCCCCCc1cc(F)cc(CCCCCCCC)c1CCCCCCCC. The molecule has 0 atom stereocenters. The second kappa shape index (κ2) is 19.8. The zero-order valence-electron chi connectivity index (χ0n) is 21.4. The molecule has 31 heavy (non-hydrogen) atoms. The van der Waals surface area contributed by atoms with Crippen LogP contribution in [0.1, 0.15) is 153 Å². The lowest BCUT2D eigenvalue weighted by Crippen LogP contribution is -2.04. The Labute approximate surface area is 194 Å². The van der Waals surface area contributed by atoms with Crippen molar-refractivity contribution < 1.29 is 4.39 Å². The van der Waals surface area contributed by atoms with E-state index in [0.717, 1.165) is 19.3 Å². The molecule has 0 amide bonds. The predicted octanol–water partition coefficient (Wildman–Crippen LogP) is 10.5. The third-order valence-electron chi connectivity index (χ3n) is 6.78. The first kappa shape index (κ1) is 28.2. The van der Waals surface area contributed by atoms with Crippen LogP contribution >= 0.6 is 0 Å². The molecule has 1 aromatic rings. The zero-order valence-corrected chi connectivity index (χ0v) is 21.4. The Kier molecular flexibility index (Phi) is 18.0. The Morgan fingerprint density at radius 2 is 0.774 bits per heavy atom. The summed E-state index contributed by atoms with van der Waals surface area (Å²) in [4.78, 5) is 0. The maximum Gasteiger partial charge on any atom is 0.123 e. The average Bonchev–Trinajstić information content (AvgIpc) is 2.76. The van der Waals surface area contributed by atoms with Gasteiger partial charge in [0.1, 0.15) is 5.82 Å². The quantitative estimate of drug-likeness (QED) is 0.169. The van der Waals surface area contributed by atoms with Gasteiger partial charge in [-0.05, 0) is 67.3 Å². The van der Waals surface area contributed by atoms with E-state index in [2.05, 4.69) is 20.8 Å². The lowest BCUT2D eigenvalue weighted by Gasteiger charge is -2.16. The van der Waals surface area contributed by atoms with Crippen LogP contribution in [0, 0.1) is 5.82 Å². The van der Waals surface area contributed by atoms with Crippen molar-refractivity contribution in [2.45, 2.75) is 156 Å². The van der Waals surface area contributed by atoms with Gasteiger partial charge in [-0.2, -0.15) is 0 Å². The molecule has 0 nitrogen and oxygen atoms in total. The molecule has 0 aliphatic carbocycles. The largest absolute Gasteiger partial charge is 0.207 e. The lowest BCUT2D eigenvalue weighted by atomic mass is 9.90. The molecule has 1 heteroatoms. The number of unbranched alkanes of at least 4 members (excludes halogenated alkanes) is 15. The van der Waals surface area contributed by atoms with Gasteiger partial charge in [-0.3, -0.25) is 0 Å². The summed E-state index contributed by atoms with van der Waals surface area (Å²) in [6.07, 6.45) is 27.0. The minimum absolute atomic E-state index is 0.00587. The van der Waals surface area contributed by atoms with Gasteiger partial charge < -0.3 is 0 Å². The maximum absolute atomic E-state index is 14.5. The van der Waals surface area contributed by atoms with Gasteiger partial charge in [0.25, 0.3) is 0 Å². The van der Waals surface area contributed by atoms with Gasteiger partial charge in [-0.15, -0.1) is 0 Å². The van der Waals surface area contributed by atoms with Crippen LogP contribution in [-0.2, 0) is 19.3 Å². The van der Waals surface area contributed by atoms with Crippen LogP contribution in [0.3, 0.4) is 0 Å². The molecule has 1 aromatic carbocycles. The molecule has 0 saturated heterocycles. The summed E-state index contributed by atoms with van der Waals surface area (Å²) in [6.45, 7) is 6.82. The Hall–Kier alpha value is -0.850. The zero-order chi connectivity index (χ0) is 22.6. The van der Waals surface area contributed by atoms with Gasteiger partial charge in [0.2, 0.25) is 0 Å². The Morgan fingerprint density at radius 1 is 0.452 bits per heavy atom. The monoisotopic (exact) mass is 432 g/mol. The minimum atomic E-state index is -0.00587. The molecule has 0 radical (unpaired) electrons. The van der Waals surface area contributed by atoms with Crippen molar-refractivity contribution in [2.24, 2.45) is 0 Å². The molecule has 0 aromatic heterocycles. The summed E-state index contributed by atoms with van der Waals surface area (Å²) < 4.78 is 14.5. The van der Waals surface area contributed by atoms with Crippen molar-refractivity contribution in [2.75, 3.05) is 0 Å². The normalized spacial score (nSPS) is 11.4. The highest BCUT2D eigenvalue weighted by Gasteiger charge is 2.11. The minimum Gasteiger partial charge on any atom is -0.207 e. The number of hydrogen-bond acceptors (Lipinski definition) is 0. The van der Waals surface area contributed by atoms with E-state index < -0.39 is 0 Å². The summed E-state index contributed by atoms with van der Waals surface area (Å²) in [7, 11) is 0. The molecular weight excluding hydrogens is 379 g/mol. The van der Waals surface area contributed by atoms with Gasteiger partial charge in [-0.25, -0.2) is 4.39 Å². The molecule has 0 N–H and O–H groups in total. The molecule has 0 spiro atoms. The number of aryl methyl sites for hydroxylation is 2. The van der Waals surface area contributed by atoms with Crippen molar-refractivity contribution in [3.8, 4) is 0 Å². The van der Waals surface area contributed by atoms with Crippen molar-refractivity contribution in [3.05, 3.63) is 34.6 Å². The summed E-state index contributed by atoms with van der Waals surface area (Å²) in [5.41, 5.74) is 4.16. The highest BCUT2D eigenvalue weighted by Crippen LogP contribution is 2.25. The van der Waals surface area contributed by atoms with Crippen LogP contribution in [0.15, 0.2) is 12.1 Å². The van der Waals surface area contributed by atoms with E-state index in [-0.39, 0.29) is 5.82 Å². The van der Waals surface area contributed by atoms with Gasteiger partial charge in [0.05, 0.1) is 0 Å². The van der Waals surface area contributed by atoms with Gasteiger partial charge >= 0.3 is 0 Å². The van der Waals surface area contributed by atoms with E-state index in [1.165, 1.54) is 132 Å². The molecule has 1 rings (SSSR count). The van der Waals surface area contributed by atoms with E-state index in [1.807, 2.05) is 12.1 Å². The Balaban J connectivity index is 2.66. The Bertz CT molecular complexity index is 496. The van der Waals surface area contributed by atoms with Crippen LogP contribution in [0.4, 0.5) is 4.39 Å². The summed E-state index contributed by atoms with van der Waals surface area (Å²) in [6, 6.07) is 3.73. The lowest BCUT2D eigenvalue weighted by molar-refractivity contribution is 0.584. The number of benzene rings is 1. The molecule has 0 unspecified atom stereocenters. The van der Waals surface area contributed by atoms with Crippen LogP contribution in [0.25, 0.3) is 0 Å². The summed E-state index contributed by atoms with van der Waals surface area (Å²) >= 11 is 0. The average molecular weight is 433 g/mol. The molecule has 0 aliphatic heterocycles. The van der Waals surface area contributed by atoms with Gasteiger partial charge in [0, 0.05) is 0 Å². The van der Waals surface area contributed by atoms with E-state index in [1.54, 1.807) is 0 Å². The smallest absolute Gasteiger partial charge is 0.123 e. The van der Waals surface area contributed by atoms with Gasteiger partial charge in [0.15, 0.2) is 0 Å². The molecule has 180 valence electrons. The molecular formula is C30H53F. The molecule has 0 saturated carbocycles. The second-order valence-electron chi connectivity index (χ2n) is 9.76. The highest BCUT2D eigenvalue weighted by molar-refractivity contribution is 5.36. The van der Waals surface area contributed by atoms with Crippen LogP contribution in [-0.4, -0.2) is 0 Å². The molecule has 0 aliphatic rings. The summed E-state index contributed by atoms with van der Waals surface area (Å²) in [5.74, 6) is -0.00587. The third-order valence-corrected chi connectivity index (χ3v) is 6.78. The van der Waals surface area contributed by atoms with Crippen molar-refractivity contribution in [1.82, 2.24) is 0 Å². The number of halogens is 1.